The van der Waals surface area contributed by atoms with Crippen molar-refractivity contribution in [3.63, 3.8) is 0 Å². The lowest BCUT2D eigenvalue weighted by Gasteiger charge is -2.17. The zero-order valence-electron chi connectivity index (χ0n) is 12.0. The Morgan fingerprint density at radius 3 is 2.58 bits per heavy atom. The van der Waals surface area contributed by atoms with Crippen LogP contribution in [0.4, 0.5) is 0 Å². The fraction of sp³-hybridized carbons (Fsp3) is 0.533. The van der Waals surface area contributed by atoms with Crippen LogP contribution < -0.4 is 5.32 Å². The first-order chi connectivity index (χ1) is 9.08. The van der Waals surface area contributed by atoms with Crippen molar-refractivity contribution < 1.29 is 4.79 Å². The van der Waals surface area contributed by atoms with E-state index in [1.165, 1.54) is 0 Å². The van der Waals surface area contributed by atoms with Crippen LogP contribution in [-0.4, -0.2) is 37.0 Å². The molecule has 0 unspecified atom stereocenters. The Labute approximate surface area is 124 Å². The lowest BCUT2D eigenvalue weighted by Crippen LogP contribution is -2.29. The largest absolute Gasteiger partial charge is 0.352 e. The SMILES string of the molecule is CCN(CC)CCCNC(=O)c1ccc(Br)c(C)c1. The first kappa shape index (κ1) is 16.2. The Morgan fingerprint density at radius 1 is 1.32 bits per heavy atom. The van der Waals surface area contributed by atoms with E-state index in [0.29, 0.717) is 0 Å². The number of benzene rings is 1. The lowest BCUT2D eigenvalue weighted by atomic mass is 10.1. The van der Waals surface area contributed by atoms with E-state index in [1.807, 2.05) is 25.1 Å². The first-order valence-electron chi connectivity index (χ1n) is 6.85. The topological polar surface area (TPSA) is 32.3 Å². The van der Waals surface area contributed by atoms with Crippen molar-refractivity contribution >= 4 is 21.8 Å². The van der Waals surface area contributed by atoms with Crippen LogP contribution in [0, 0.1) is 6.92 Å². The van der Waals surface area contributed by atoms with E-state index < -0.39 is 0 Å². The van der Waals surface area contributed by atoms with Gasteiger partial charge in [0.05, 0.1) is 0 Å². The molecule has 3 nitrogen and oxygen atoms in total. The molecule has 0 aliphatic carbocycles. The predicted octanol–water partition coefficient (Wildman–Crippen LogP) is 3.22. The number of amides is 1. The molecule has 0 aliphatic heterocycles. The van der Waals surface area contributed by atoms with Gasteiger partial charge in [0.2, 0.25) is 0 Å². The summed E-state index contributed by atoms with van der Waals surface area (Å²) in [6.45, 7) is 10.2. The molecule has 0 saturated heterocycles. The molecule has 0 aliphatic rings. The molecule has 1 amide bonds. The van der Waals surface area contributed by atoms with Crippen LogP contribution in [0.15, 0.2) is 22.7 Å². The van der Waals surface area contributed by atoms with Crippen molar-refractivity contribution in [1.29, 1.82) is 0 Å². The smallest absolute Gasteiger partial charge is 0.251 e. The fourth-order valence-electron chi connectivity index (χ4n) is 1.93. The van der Waals surface area contributed by atoms with Gasteiger partial charge in [-0.15, -0.1) is 0 Å². The summed E-state index contributed by atoms with van der Waals surface area (Å²) in [5.74, 6) is 0.00940. The Hall–Kier alpha value is -0.870. The number of carbonyl (C=O) groups is 1. The quantitative estimate of drug-likeness (QED) is 0.780. The number of hydrogen-bond donors (Lipinski definition) is 1. The first-order valence-corrected chi connectivity index (χ1v) is 7.64. The van der Waals surface area contributed by atoms with Crippen molar-refractivity contribution in [3.05, 3.63) is 33.8 Å². The fourth-order valence-corrected chi connectivity index (χ4v) is 2.18. The van der Waals surface area contributed by atoms with E-state index in [-0.39, 0.29) is 5.91 Å². The number of rotatable bonds is 7. The molecular weight excluding hydrogens is 304 g/mol. The molecule has 106 valence electrons. The van der Waals surface area contributed by atoms with E-state index in [1.54, 1.807) is 0 Å². The van der Waals surface area contributed by atoms with Crippen LogP contribution in [0.5, 0.6) is 0 Å². The summed E-state index contributed by atoms with van der Waals surface area (Å²) in [5.41, 5.74) is 1.80. The normalized spacial score (nSPS) is 10.8. The number of hydrogen-bond acceptors (Lipinski definition) is 2. The van der Waals surface area contributed by atoms with Crippen LogP contribution in [0.25, 0.3) is 0 Å². The highest BCUT2D eigenvalue weighted by molar-refractivity contribution is 9.10. The Kier molecular flexibility index (Phi) is 7.10. The van der Waals surface area contributed by atoms with Gasteiger partial charge in [-0.25, -0.2) is 0 Å². The molecule has 4 heteroatoms. The van der Waals surface area contributed by atoms with E-state index in [4.69, 9.17) is 0 Å². The van der Waals surface area contributed by atoms with Crippen LogP contribution >= 0.6 is 15.9 Å². The van der Waals surface area contributed by atoms with E-state index in [9.17, 15) is 4.79 Å². The van der Waals surface area contributed by atoms with Gasteiger partial charge in [-0.2, -0.15) is 0 Å². The second-order valence-electron chi connectivity index (χ2n) is 4.60. The Balaban J connectivity index is 2.37. The van der Waals surface area contributed by atoms with Crippen molar-refractivity contribution in [2.24, 2.45) is 0 Å². The number of nitrogens with zero attached hydrogens (tertiary/aromatic N) is 1. The van der Waals surface area contributed by atoms with Crippen LogP contribution in [0.3, 0.4) is 0 Å². The summed E-state index contributed by atoms with van der Waals surface area (Å²) >= 11 is 3.44. The molecule has 0 atom stereocenters. The van der Waals surface area contributed by atoms with E-state index in [0.717, 1.165) is 48.2 Å². The maximum absolute atomic E-state index is 12.0. The van der Waals surface area contributed by atoms with E-state index in [2.05, 4.69) is 40.0 Å². The van der Waals surface area contributed by atoms with Gasteiger partial charge < -0.3 is 10.2 Å². The van der Waals surface area contributed by atoms with Gasteiger partial charge >= 0.3 is 0 Å². The minimum Gasteiger partial charge on any atom is -0.352 e. The third kappa shape index (κ3) is 5.33. The molecule has 0 spiro atoms. The average molecular weight is 327 g/mol. The zero-order chi connectivity index (χ0) is 14.3. The average Bonchev–Trinajstić information content (AvgIpc) is 2.42. The molecule has 1 N–H and O–H groups in total. The summed E-state index contributed by atoms with van der Waals surface area (Å²) in [6, 6.07) is 5.67. The third-order valence-corrected chi connectivity index (χ3v) is 4.14. The highest BCUT2D eigenvalue weighted by Gasteiger charge is 2.06. The molecular formula is C15H23BrN2O. The van der Waals surface area contributed by atoms with Gasteiger partial charge in [0.25, 0.3) is 5.91 Å². The maximum Gasteiger partial charge on any atom is 0.251 e. The molecule has 0 heterocycles. The summed E-state index contributed by atoms with van der Waals surface area (Å²) in [4.78, 5) is 14.3. The molecule has 0 bridgehead atoms. The van der Waals surface area contributed by atoms with Crippen LogP contribution in [0.1, 0.15) is 36.2 Å². The summed E-state index contributed by atoms with van der Waals surface area (Å²) in [6.07, 6.45) is 0.989. The molecule has 0 radical (unpaired) electrons. The van der Waals surface area contributed by atoms with E-state index >= 15 is 0 Å². The van der Waals surface area contributed by atoms with Gasteiger partial charge in [0, 0.05) is 16.6 Å². The monoisotopic (exact) mass is 326 g/mol. The second-order valence-corrected chi connectivity index (χ2v) is 5.45. The highest BCUT2D eigenvalue weighted by atomic mass is 79.9. The van der Waals surface area contributed by atoms with Crippen LogP contribution in [0.2, 0.25) is 0 Å². The van der Waals surface area contributed by atoms with Crippen molar-refractivity contribution in [2.75, 3.05) is 26.2 Å². The van der Waals surface area contributed by atoms with Gasteiger partial charge in [-0.05, 0) is 56.7 Å². The second kappa shape index (κ2) is 8.33. The molecule has 0 fully saturated rings. The minimum atomic E-state index is 0.00940. The number of carbonyl (C=O) groups excluding carboxylic acids is 1. The zero-order valence-corrected chi connectivity index (χ0v) is 13.6. The molecule has 1 aromatic carbocycles. The minimum absolute atomic E-state index is 0.00940. The number of halogens is 1. The predicted molar refractivity (Wildman–Crippen MR) is 83.6 cm³/mol. The van der Waals surface area contributed by atoms with Gasteiger partial charge in [-0.3, -0.25) is 4.79 Å². The maximum atomic E-state index is 12.0. The van der Waals surface area contributed by atoms with Gasteiger partial charge in [-0.1, -0.05) is 29.8 Å². The highest BCUT2D eigenvalue weighted by Crippen LogP contribution is 2.16. The van der Waals surface area contributed by atoms with Crippen LogP contribution in [-0.2, 0) is 0 Å². The summed E-state index contributed by atoms with van der Waals surface area (Å²) in [7, 11) is 0. The summed E-state index contributed by atoms with van der Waals surface area (Å²) in [5, 5.41) is 2.97. The molecule has 1 rings (SSSR count). The van der Waals surface area contributed by atoms with Crippen molar-refractivity contribution in [3.8, 4) is 0 Å². The molecule has 0 saturated carbocycles. The van der Waals surface area contributed by atoms with Crippen molar-refractivity contribution in [2.45, 2.75) is 27.2 Å². The summed E-state index contributed by atoms with van der Waals surface area (Å²) < 4.78 is 1.03. The van der Waals surface area contributed by atoms with Gasteiger partial charge in [0.1, 0.15) is 0 Å². The molecule has 19 heavy (non-hydrogen) atoms. The standard InChI is InChI=1S/C15H23BrN2O/c1-4-18(5-2)10-6-9-17-15(19)13-7-8-14(16)12(3)11-13/h7-8,11H,4-6,9-10H2,1-3H3,(H,17,19). The number of aryl methyl sites for hydroxylation is 1. The lowest BCUT2D eigenvalue weighted by molar-refractivity contribution is 0.0951. The molecule has 0 aromatic heterocycles. The third-order valence-electron chi connectivity index (χ3n) is 3.25. The van der Waals surface area contributed by atoms with Crippen molar-refractivity contribution in [1.82, 2.24) is 10.2 Å². The molecule has 1 aromatic rings. The Bertz CT molecular complexity index is 417. The Morgan fingerprint density at radius 2 is 2.00 bits per heavy atom. The number of nitrogens with one attached hydrogen (secondary N) is 1. The van der Waals surface area contributed by atoms with Gasteiger partial charge in [0.15, 0.2) is 0 Å².